The van der Waals surface area contributed by atoms with Crippen LogP contribution in [0.3, 0.4) is 0 Å². The van der Waals surface area contributed by atoms with E-state index in [9.17, 15) is 4.79 Å². The van der Waals surface area contributed by atoms with Crippen molar-refractivity contribution >= 4 is 72.2 Å². The number of nitrogens with zero attached hydrogens (tertiary/aromatic N) is 3. The van der Waals surface area contributed by atoms with Crippen molar-refractivity contribution in [3.8, 4) is 5.75 Å². The van der Waals surface area contributed by atoms with Crippen LogP contribution < -0.4 is 10.3 Å². The average molecular weight is 610 g/mol. The van der Waals surface area contributed by atoms with Gasteiger partial charge in [-0.1, -0.05) is 64.3 Å². The van der Waals surface area contributed by atoms with Crippen LogP contribution >= 0.6 is 55.1 Å². The molecule has 3 aromatic carbocycles. The molecule has 33 heavy (non-hydrogen) atoms. The van der Waals surface area contributed by atoms with E-state index in [-0.39, 0.29) is 12.2 Å². The summed E-state index contributed by atoms with van der Waals surface area (Å²) < 4.78 is 8.67. The summed E-state index contributed by atoms with van der Waals surface area (Å²) in [5, 5.41) is 5.93. The lowest BCUT2D eigenvalue weighted by Crippen LogP contribution is -2.22. The maximum absolute atomic E-state index is 13.0. The van der Waals surface area contributed by atoms with Crippen LogP contribution in [-0.2, 0) is 13.0 Å². The van der Waals surface area contributed by atoms with E-state index in [0.717, 1.165) is 10.0 Å². The van der Waals surface area contributed by atoms with Crippen molar-refractivity contribution in [1.29, 1.82) is 0 Å². The molecule has 0 unspecified atom stereocenters. The Balaban J connectivity index is 1.64. The molecule has 9 heteroatoms. The molecule has 0 radical (unpaired) electrons. The molecule has 0 N–H and O–H groups in total. The van der Waals surface area contributed by atoms with Crippen molar-refractivity contribution in [2.45, 2.75) is 20.0 Å². The van der Waals surface area contributed by atoms with E-state index >= 15 is 0 Å². The summed E-state index contributed by atoms with van der Waals surface area (Å²) >= 11 is 19.6. The van der Waals surface area contributed by atoms with Crippen LogP contribution in [0.4, 0.5) is 0 Å². The molecular weight excluding hydrogens is 593 g/mol. The van der Waals surface area contributed by atoms with Crippen molar-refractivity contribution < 1.29 is 4.74 Å². The fourth-order valence-corrected chi connectivity index (χ4v) is 4.76. The molecular formula is C24H17Br2Cl2N3O2. The Labute approximate surface area is 217 Å². The van der Waals surface area contributed by atoms with E-state index in [1.807, 2.05) is 49.4 Å². The fraction of sp³-hybridized carbons (Fsp3) is 0.125. The SMILES string of the molecule is CCc1nc2ccc(Br)cc2c(=O)n1N=Cc1cc(Cl)c(OCc2ccccc2Cl)c(Br)c1. The second-order valence-electron chi connectivity index (χ2n) is 7.10. The van der Waals surface area contributed by atoms with Crippen LogP contribution in [0, 0.1) is 0 Å². The summed E-state index contributed by atoms with van der Waals surface area (Å²) in [6.07, 6.45) is 2.12. The van der Waals surface area contributed by atoms with Crippen LogP contribution in [0.15, 0.2) is 73.4 Å². The maximum atomic E-state index is 13.0. The molecule has 1 heterocycles. The highest BCUT2D eigenvalue weighted by Crippen LogP contribution is 2.35. The zero-order valence-corrected chi connectivity index (χ0v) is 22.0. The highest BCUT2D eigenvalue weighted by atomic mass is 79.9. The van der Waals surface area contributed by atoms with Gasteiger partial charge in [0.1, 0.15) is 12.4 Å². The first-order valence-electron chi connectivity index (χ1n) is 9.98. The quantitative estimate of drug-likeness (QED) is 0.216. The van der Waals surface area contributed by atoms with Gasteiger partial charge in [0.05, 0.1) is 26.6 Å². The van der Waals surface area contributed by atoms with Gasteiger partial charge in [0.2, 0.25) is 0 Å². The summed E-state index contributed by atoms with van der Waals surface area (Å²) in [4.78, 5) is 17.6. The Morgan fingerprint density at radius 3 is 2.61 bits per heavy atom. The van der Waals surface area contributed by atoms with Crippen molar-refractivity contribution in [1.82, 2.24) is 9.66 Å². The van der Waals surface area contributed by atoms with Gasteiger partial charge in [-0.25, -0.2) is 4.98 Å². The van der Waals surface area contributed by atoms with Crippen molar-refractivity contribution in [3.63, 3.8) is 0 Å². The highest BCUT2D eigenvalue weighted by molar-refractivity contribution is 9.10. The smallest absolute Gasteiger partial charge is 0.282 e. The number of hydrogen-bond acceptors (Lipinski definition) is 4. The van der Waals surface area contributed by atoms with Crippen LogP contribution in [0.1, 0.15) is 23.9 Å². The largest absolute Gasteiger partial charge is 0.486 e. The van der Waals surface area contributed by atoms with Crippen LogP contribution in [0.5, 0.6) is 5.75 Å². The number of fused-ring (bicyclic) bond motifs is 1. The lowest BCUT2D eigenvalue weighted by atomic mass is 10.2. The van der Waals surface area contributed by atoms with Crippen molar-refractivity contribution in [2.24, 2.45) is 5.10 Å². The highest BCUT2D eigenvalue weighted by Gasteiger charge is 2.12. The van der Waals surface area contributed by atoms with Gasteiger partial charge < -0.3 is 4.74 Å². The molecule has 0 aliphatic heterocycles. The lowest BCUT2D eigenvalue weighted by molar-refractivity contribution is 0.304. The molecule has 0 atom stereocenters. The van der Waals surface area contributed by atoms with E-state index in [0.29, 0.717) is 49.0 Å². The first kappa shape index (κ1) is 24.0. The third kappa shape index (κ3) is 5.32. The Kier molecular flexibility index (Phi) is 7.54. The number of benzene rings is 3. The van der Waals surface area contributed by atoms with Crippen LogP contribution in [0.2, 0.25) is 10.0 Å². The summed E-state index contributed by atoms with van der Waals surface area (Å²) in [5.41, 5.74) is 1.95. The number of rotatable bonds is 6. The van der Waals surface area contributed by atoms with Gasteiger partial charge in [0, 0.05) is 21.5 Å². The molecule has 0 bridgehead atoms. The summed E-state index contributed by atoms with van der Waals surface area (Å²) in [7, 11) is 0. The minimum atomic E-state index is -0.237. The van der Waals surface area contributed by atoms with Gasteiger partial charge >= 0.3 is 0 Å². The first-order chi connectivity index (χ1) is 15.9. The number of ether oxygens (including phenoxy) is 1. The van der Waals surface area contributed by atoms with E-state index in [1.54, 1.807) is 18.3 Å². The van der Waals surface area contributed by atoms with Gasteiger partial charge in [0.25, 0.3) is 5.56 Å². The molecule has 0 saturated carbocycles. The molecule has 168 valence electrons. The molecule has 0 aliphatic rings. The monoisotopic (exact) mass is 607 g/mol. The summed E-state index contributed by atoms with van der Waals surface area (Å²) in [5.74, 6) is 1.06. The second kappa shape index (κ2) is 10.4. The maximum Gasteiger partial charge on any atom is 0.282 e. The van der Waals surface area contributed by atoms with Crippen LogP contribution in [0.25, 0.3) is 10.9 Å². The molecule has 5 nitrogen and oxygen atoms in total. The minimum absolute atomic E-state index is 0.237. The molecule has 4 rings (SSSR count). The zero-order valence-electron chi connectivity index (χ0n) is 17.4. The van der Waals surface area contributed by atoms with E-state index < -0.39 is 0 Å². The van der Waals surface area contributed by atoms with E-state index in [4.69, 9.17) is 27.9 Å². The van der Waals surface area contributed by atoms with E-state index in [2.05, 4.69) is 41.9 Å². The molecule has 0 aliphatic carbocycles. The Morgan fingerprint density at radius 1 is 1.09 bits per heavy atom. The van der Waals surface area contributed by atoms with Gasteiger partial charge in [-0.05, 0) is 57.9 Å². The third-order valence-electron chi connectivity index (χ3n) is 4.86. The lowest BCUT2D eigenvalue weighted by Gasteiger charge is -2.12. The normalized spacial score (nSPS) is 11.4. The number of halogens is 4. The van der Waals surface area contributed by atoms with Crippen LogP contribution in [-0.4, -0.2) is 15.9 Å². The Bertz CT molecular complexity index is 1410. The Hall–Kier alpha value is -2.19. The Morgan fingerprint density at radius 2 is 1.88 bits per heavy atom. The standard InChI is InChI=1S/C24H17Br2Cl2N3O2/c1-2-22-30-21-8-7-16(25)11-17(21)24(32)31(22)29-12-14-9-18(26)23(20(28)10-14)33-13-15-5-3-4-6-19(15)27/h3-12H,2,13H2,1H3. The molecule has 1 aromatic heterocycles. The summed E-state index contributed by atoms with van der Waals surface area (Å²) in [6.45, 7) is 2.20. The third-order valence-corrected chi connectivity index (χ3v) is 6.60. The fourth-order valence-electron chi connectivity index (χ4n) is 3.22. The first-order valence-corrected chi connectivity index (χ1v) is 12.3. The second-order valence-corrected chi connectivity index (χ2v) is 9.68. The van der Waals surface area contributed by atoms with Crippen molar-refractivity contribution in [2.75, 3.05) is 0 Å². The minimum Gasteiger partial charge on any atom is -0.486 e. The molecule has 0 amide bonds. The van der Waals surface area contributed by atoms with Gasteiger partial charge in [-0.2, -0.15) is 9.78 Å². The molecule has 0 spiro atoms. The molecule has 4 aromatic rings. The van der Waals surface area contributed by atoms with E-state index in [1.165, 1.54) is 4.68 Å². The number of aromatic nitrogens is 2. The van der Waals surface area contributed by atoms with Gasteiger partial charge in [-0.15, -0.1) is 0 Å². The predicted octanol–water partition coefficient (Wildman–Crippen LogP) is 7.25. The van der Waals surface area contributed by atoms with Gasteiger partial charge in [0.15, 0.2) is 5.75 Å². The number of hydrogen-bond donors (Lipinski definition) is 0. The summed E-state index contributed by atoms with van der Waals surface area (Å²) in [6, 6.07) is 16.4. The molecule has 0 saturated heterocycles. The molecule has 0 fully saturated rings. The zero-order chi connectivity index (χ0) is 23.5. The predicted molar refractivity (Wildman–Crippen MR) is 141 cm³/mol. The van der Waals surface area contributed by atoms with Gasteiger partial charge in [-0.3, -0.25) is 4.79 Å². The van der Waals surface area contributed by atoms with Crippen molar-refractivity contribution in [3.05, 3.63) is 101 Å². The topological polar surface area (TPSA) is 56.5 Å². The average Bonchev–Trinajstić information content (AvgIpc) is 2.79. The number of aryl methyl sites for hydroxylation is 1.